The number of rotatable bonds is 4. The van der Waals surface area contributed by atoms with Crippen LogP contribution in [-0.2, 0) is 17.8 Å². The number of carbonyl (C=O) groups excluding carboxylic acids is 1. The molecule has 0 aromatic carbocycles. The first-order chi connectivity index (χ1) is 8.78. The van der Waals surface area contributed by atoms with E-state index in [2.05, 4.69) is 5.32 Å². The molecule has 0 spiro atoms. The summed E-state index contributed by atoms with van der Waals surface area (Å²) in [6.07, 6.45) is 3.31. The van der Waals surface area contributed by atoms with Crippen LogP contribution < -0.4 is 11.1 Å². The van der Waals surface area contributed by atoms with Crippen molar-refractivity contribution in [3.05, 3.63) is 21.4 Å². The van der Waals surface area contributed by atoms with Gasteiger partial charge in [-0.1, -0.05) is 0 Å². The minimum atomic E-state index is 0.0248. The van der Waals surface area contributed by atoms with Crippen LogP contribution in [0.1, 0.15) is 33.0 Å². The van der Waals surface area contributed by atoms with Crippen molar-refractivity contribution >= 4 is 17.2 Å². The maximum absolute atomic E-state index is 12.2. The van der Waals surface area contributed by atoms with Crippen molar-refractivity contribution < 1.29 is 9.53 Å². The van der Waals surface area contributed by atoms with Gasteiger partial charge in [-0.15, -0.1) is 11.3 Å². The second-order valence-corrected chi connectivity index (χ2v) is 6.15. The van der Waals surface area contributed by atoms with E-state index in [0.29, 0.717) is 19.1 Å². The Labute approximate surface area is 111 Å². The first-order valence-corrected chi connectivity index (χ1v) is 7.30. The van der Waals surface area contributed by atoms with Gasteiger partial charge in [-0.25, -0.2) is 0 Å². The van der Waals surface area contributed by atoms with E-state index in [1.165, 1.54) is 23.3 Å². The van der Waals surface area contributed by atoms with E-state index in [4.69, 9.17) is 10.5 Å². The molecule has 2 heterocycles. The Morgan fingerprint density at radius 2 is 2.44 bits per heavy atom. The largest absolute Gasteiger partial charge is 0.376 e. The molecule has 18 heavy (non-hydrogen) atoms. The summed E-state index contributed by atoms with van der Waals surface area (Å²) in [5, 5.41) is 3.06. The van der Waals surface area contributed by atoms with Gasteiger partial charge in [0.25, 0.3) is 5.91 Å². The average Bonchev–Trinajstić information content (AvgIpc) is 3.13. The molecule has 1 saturated carbocycles. The molecule has 1 aliphatic heterocycles. The van der Waals surface area contributed by atoms with Crippen molar-refractivity contribution in [1.29, 1.82) is 0 Å². The number of ether oxygens (including phenoxy) is 1. The highest BCUT2D eigenvalue weighted by molar-refractivity contribution is 7.14. The highest BCUT2D eigenvalue weighted by atomic mass is 32.1. The molecule has 98 valence electrons. The highest BCUT2D eigenvalue weighted by Gasteiger charge is 2.31. The summed E-state index contributed by atoms with van der Waals surface area (Å²) in [4.78, 5) is 14.3. The molecule has 1 aromatic rings. The van der Waals surface area contributed by atoms with Crippen LogP contribution in [0.5, 0.6) is 0 Å². The molecule has 1 amide bonds. The zero-order chi connectivity index (χ0) is 12.5. The van der Waals surface area contributed by atoms with Crippen LogP contribution in [0.3, 0.4) is 0 Å². The molecule has 0 saturated heterocycles. The van der Waals surface area contributed by atoms with Gasteiger partial charge in [0.05, 0.1) is 18.1 Å². The number of nitrogens with two attached hydrogens (primary N) is 1. The normalized spacial score (nSPS) is 20.3. The van der Waals surface area contributed by atoms with Crippen molar-refractivity contribution in [3.8, 4) is 0 Å². The van der Waals surface area contributed by atoms with Gasteiger partial charge < -0.3 is 15.8 Å². The van der Waals surface area contributed by atoms with E-state index < -0.39 is 0 Å². The van der Waals surface area contributed by atoms with E-state index in [1.54, 1.807) is 11.3 Å². The number of hydrogen-bond acceptors (Lipinski definition) is 4. The average molecular weight is 266 g/mol. The SMILES string of the molecule is NCC(NC(=O)c1cc2c(s1)CCOC2)C1CC1. The lowest BCUT2D eigenvalue weighted by Gasteiger charge is -2.15. The summed E-state index contributed by atoms with van der Waals surface area (Å²) >= 11 is 1.60. The maximum Gasteiger partial charge on any atom is 0.261 e. The Hall–Kier alpha value is -0.910. The van der Waals surface area contributed by atoms with Crippen molar-refractivity contribution in [1.82, 2.24) is 5.32 Å². The summed E-state index contributed by atoms with van der Waals surface area (Å²) in [6, 6.07) is 2.11. The first kappa shape index (κ1) is 12.1. The van der Waals surface area contributed by atoms with E-state index in [-0.39, 0.29) is 11.9 Å². The van der Waals surface area contributed by atoms with Crippen molar-refractivity contribution in [3.63, 3.8) is 0 Å². The second-order valence-electron chi connectivity index (χ2n) is 5.01. The summed E-state index contributed by atoms with van der Waals surface area (Å²) < 4.78 is 5.39. The number of fused-ring (bicyclic) bond motifs is 1. The summed E-state index contributed by atoms with van der Waals surface area (Å²) in [5.74, 6) is 0.619. The van der Waals surface area contributed by atoms with E-state index >= 15 is 0 Å². The molecule has 3 N–H and O–H groups in total. The molecular weight excluding hydrogens is 248 g/mol. The number of carbonyl (C=O) groups is 1. The molecule has 5 heteroatoms. The molecule has 1 unspecified atom stereocenters. The molecular formula is C13H18N2O2S. The third-order valence-corrected chi connectivity index (χ3v) is 4.85. The molecule has 1 fully saturated rings. The van der Waals surface area contributed by atoms with Crippen LogP contribution in [-0.4, -0.2) is 25.1 Å². The van der Waals surface area contributed by atoms with Gasteiger partial charge in [0.1, 0.15) is 0 Å². The van der Waals surface area contributed by atoms with Gasteiger partial charge in [-0.3, -0.25) is 4.79 Å². The van der Waals surface area contributed by atoms with E-state index in [0.717, 1.165) is 17.9 Å². The van der Waals surface area contributed by atoms with Gasteiger partial charge >= 0.3 is 0 Å². The molecule has 1 aromatic heterocycles. The monoisotopic (exact) mass is 266 g/mol. The molecule has 3 rings (SSSR count). The van der Waals surface area contributed by atoms with Crippen molar-refractivity contribution in [2.24, 2.45) is 11.7 Å². The zero-order valence-corrected chi connectivity index (χ0v) is 11.1. The Bertz CT molecular complexity index is 430. The lowest BCUT2D eigenvalue weighted by Crippen LogP contribution is -2.41. The van der Waals surface area contributed by atoms with Crippen molar-refractivity contribution in [2.45, 2.75) is 31.9 Å². The fourth-order valence-electron chi connectivity index (χ4n) is 2.37. The van der Waals surface area contributed by atoms with Gasteiger partial charge in [-0.2, -0.15) is 0 Å². The molecule has 1 aliphatic carbocycles. The third kappa shape index (κ3) is 2.43. The summed E-state index contributed by atoms with van der Waals surface area (Å²) in [5.41, 5.74) is 6.88. The maximum atomic E-state index is 12.2. The minimum absolute atomic E-state index is 0.0248. The zero-order valence-electron chi connectivity index (χ0n) is 10.3. The Morgan fingerprint density at radius 1 is 1.61 bits per heavy atom. The van der Waals surface area contributed by atoms with Gasteiger partial charge in [0, 0.05) is 23.9 Å². The fraction of sp³-hybridized carbons (Fsp3) is 0.615. The van der Waals surface area contributed by atoms with Crippen LogP contribution in [0.25, 0.3) is 0 Å². The molecule has 2 aliphatic rings. The minimum Gasteiger partial charge on any atom is -0.376 e. The van der Waals surface area contributed by atoms with Crippen LogP contribution in [0.2, 0.25) is 0 Å². The molecule has 4 nitrogen and oxygen atoms in total. The molecule has 1 atom stereocenters. The van der Waals surface area contributed by atoms with Gasteiger partial charge in [0.2, 0.25) is 0 Å². The first-order valence-electron chi connectivity index (χ1n) is 6.48. The van der Waals surface area contributed by atoms with Crippen LogP contribution in [0.4, 0.5) is 0 Å². The van der Waals surface area contributed by atoms with Crippen molar-refractivity contribution in [2.75, 3.05) is 13.2 Å². The summed E-state index contributed by atoms with van der Waals surface area (Å²) in [7, 11) is 0. The topological polar surface area (TPSA) is 64.3 Å². The summed E-state index contributed by atoms with van der Waals surface area (Å²) in [6.45, 7) is 1.94. The lowest BCUT2D eigenvalue weighted by molar-refractivity contribution is 0.0937. The molecule has 0 bridgehead atoms. The quantitative estimate of drug-likeness (QED) is 0.863. The number of nitrogens with one attached hydrogen (secondary N) is 1. The van der Waals surface area contributed by atoms with Gasteiger partial charge in [0.15, 0.2) is 0 Å². The highest BCUT2D eigenvalue weighted by Crippen LogP contribution is 2.33. The fourth-order valence-corrected chi connectivity index (χ4v) is 3.42. The third-order valence-electron chi connectivity index (χ3n) is 3.61. The standard InChI is InChI=1S/C13H18N2O2S/c14-6-10(8-1-2-8)15-13(16)12-5-9-7-17-4-3-11(9)18-12/h5,8,10H,1-4,6-7,14H2,(H,15,16). The van der Waals surface area contributed by atoms with E-state index in [1.807, 2.05) is 6.07 Å². The number of amides is 1. The van der Waals surface area contributed by atoms with Gasteiger partial charge in [-0.05, 0) is 30.4 Å². The smallest absolute Gasteiger partial charge is 0.261 e. The Balaban J connectivity index is 1.69. The Morgan fingerprint density at radius 3 is 3.11 bits per heavy atom. The number of hydrogen-bond donors (Lipinski definition) is 2. The second kappa shape index (κ2) is 4.99. The lowest BCUT2D eigenvalue weighted by atomic mass is 10.1. The van der Waals surface area contributed by atoms with Crippen LogP contribution in [0, 0.1) is 5.92 Å². The predicted molar refractivity (Wildman–Crippen MR) is 70.7 cm³/mol. The van der Waals surface area contributed by atoms with E-state index in [9.17, 15) is 4.79 Å². The Kier molecular flexibility index (Phi) is 3.37. The predicted octanol–water partition coefficient (Wildman–Crippen LogP) is 1.29. The molecule has 0 radical (unpaired) electrons. The van der Waals surface area contributed by atoms with Crippen LogP contribution >= 0.6 is 11.3 Å². The number of thiophene rings is 1. The van der Waals surface area contributed by atoms with Crippen LogP contribution in [0.15, 0.2) is 6.07 Å².